The summed E-state index contributed by atoms with van der Waals surface area (Å²) in [6.45, 7) is 8.46. The van der Waals surface area contributed by atoms with Crippen LogP contribution in [0.5, 0.6) is 0 Å². The zero-order chi connectivity index (χ0) is 22.3. The Hall–Kier alpha value is -1.26. The van der Waals surface area contributed by atoms with Crippen molar-refractivity contribution >= 4 is 11.9 Å². The van der Waals surface area contributed by atoms with Gasteiger partial charge in [0.1, 0.15) is 6.61 Å². The van der Waals surface area contributed by atoms with Gasteiger partial charge in [0.15, 0.2) is 0 Å². The van der Waals surface area contributed by atoms with E-state index in [-0.39, 0.29) is 31.5 Å². The molecule has 1 atom stereocenters. The maximum atomic E-state index is 11.9. The molecule has 30 heavy (non-hydrogen) atoms. The van der Waals surface area contributed by atoms with Crippen LogP contribution in [0.2, 0.25) is 0 Å². The number of carbonyl (C=O) groups excluding carboxylic acids is 1. The first kappa shape index (κ1) is 28.7. The summed E-state index contributed by atoms with van der Waals surface area (Å²) in [7, 11) is 0. The Morgan fingerprint density at radius 2 is 1.13 bits per heavy atom. The molecule has 0 amide bonds. The van der Waals surface area contributed by atoms with Gasteiger partial charge in [-0.25, -0.2) is 0 Å². The summed E-state index contributed by atoms with van der Waals surface area (Å²) < 4.78 is 31.8. The van der Waals surface area contributed by atoms with Crippen molar-refractivity contribution in [3.05, 3.63) is 0 Å². The van der Waals surface area contributed by atoms with Crippen molar-refractivity contribution in [1.82, 2.24) is 0 Å². The summed E-state index contributed by atoms with van der Waals surface area (Å²) in [6.07, 6.45) is 3.82. The Bertz CT molecular complexity index is 404. The Morgan fingerprint density at radius 1 is 0.700 bits per heavy atom. The number of carboxylic acids is 1. The van der Waals surface area contributed by atoms with Crippen LogP contribution in [0.25, 0.3) is 0 Å². The minimum atomic E-state index is -0.873. The lowest BCUT2D eigenvalue weighted by atomic mass is 10.00. The molecule has 0 spiro atoms. The van der Waals surface area contributed by atoms with Gasteiger partial charge in [0, 0.05) is 0 Å². The van der Waals surface area contributed by atoms with Gasteiger partial charge in [-0.1, -0.05) is 26.7 Å². The molecule has 0 aromatic carbocycles. The van der Waals surface area contributed by atoms with Crippen molar-refractivity contribution in [2.24, 2.45) is 5.92 Å². The Balaban J connectivity index is 3.24. The molecule has 0 aromatic rings. The molecular weight excluding hydrogens is 396 g/mol. The molecule has 9 heteroatoms. The lowest BCUT2D eigenvalue weighted by Gasteiger charge is -2.13. The van der Waals surface area contributed by atoms with Crippen LogP contribution in [0.3, 0.4) is 0 Å². The normalized spacial score (nSPS) is 12.1. The van der Waals surface area contributed by atoms with Gasteiger partial charge in [0.25, 0.3) is 0 Å². The van der Waals surface area contributed by atoms with E-state index >= 15 is 0 Å². The summed E-state index contributed by atoms with van der Waals surface area (Å²) in [5.41, 5.74) is 0. The van der Waals surface area contributed by atoms with E-state index in [0.29, 0.717) is 59.5 Å². The highest BCUT2D eigenvalue weighted by molar-refractivity contribution is 5.72. The van der Waals surface area contributed by atoms with Crippen molar-refractivity contribution in [1.29, 1.82) is 0 Å². The molecule has 9 nitrogen and oxygen atoms in total. The first-order chi connectivity index (χ1) is 14.6. The fourth-order valence-electron chi connectivity index (χ4n) is 2.40. The Kier molecular flexibility index (Phi) is 21.5. The third-order valence-corrected chi connectivity index (χ3v) is 4.15. The van der Waals surface area contributed by atoms with Gasteiger partial charge in [-0.05, 0) is 12.8 Å². The van der Waals surface area contributed by atoms with Crippen molar-refractivity contribution < 1.29 is 43.1 Å². The first-order valence-electron chi connectivity index (χ1n) is 10.9. The summed E-state index contributed by atoms with van der Waals surface area (Å²) in [4.78, 5) is 22.2. The molecule has 0 bridgehead atoms. The molecule has 0 aliphatic rings. The summed E-state index contributed by atoms with van der Waals surface area (Å²) in [5, 5.41) is 8.44. The number of carboxylic acid groups (broad SMARTS) is 1. The number of unbranched alkanes of at least 4 members (excludes halogenated alkanes) is 1. The molecule has 0 fully saturated rings. The minimum Gasteiger partial charge on any atom is -0.481 e. The minimum absolute atomic E-state index is 0.000106. The van der Waals surface area contributed by atoms with E-state index in [2.05, 4.69) is 6.92 Å². The van der Waals surface area contributed by atoms with Gasteiger partial charge >= 0.3 is 11.9 Å². The van der Waals surface area contributed by atoms with Gasteiger partial charge in [-0.15, -0.1) is 0 Å². The van der Waals surface area contributed by atoms with Gasteiger partial charge in [0.2, 0.25) is 0 Å². The lowest BCUT2D eigenvalue weighted by molar-refractivity contribution is -0.150. The molecule has 1 unspecified atom stereocenters. The molecular formula is C21H40O9. The number of esters is 1. The van der Waals surface area contributed by atoms with Crippen molar-refractivity contribution in [2.75, 3.05) is 72.7 Å². The number of ether oxygens (including phenoxy) is 6. The SMILES string of the molecule is CCCCC(CC)C(=O)OCCOCCOCCOCCOCCOCCC(=O)O. The van der Waals surface area contributed by atoms with Crippen molar-refractivity contribution in [3.8, 4) is 0 Å². The molecule has 0 aromatic heterocycles. The van der Waals surface area contributed by atoms with Gasteiger partial charge in [-0.3, -0.25) is 9.59 Å². The number of aliphatic carboxylic acids is 1. The molecule has 0 saturated heterocycles. The topological polar surface area (TPSA) is 110 Å². The van der Waals surface area contributed by atoms with E-state index in [1.165, 1.54) is 0 Å². The van der Waals surface area contributed by atoms with Gasteiger partial charge in [-0.2, -0.15) is 0 Å². The quantitative estimate of drug-likeness (QED) is 0.191. The maximum absolute atomic E-state index is 11.9. The molecule has 1 N–H and O–H groups in total. The second-order valence-electron chi connectivity index (χ2n) is 6.62. The molecule has 0 radical (unpaired) electrons. The van der Waals surface area contributed by atoms with Crippen LogP contribution in [0.4, 0.5) is 0 Å². The van der Waals surface area contributed by atoms with E-state index in [0.717, 1.165) is 25.7 Å². The number of hydrogen-bond donors (Lipinski definition) is 1. The predicted octanol–water partition coefficient (Wildman–Crippen LogP) is 2.30. The number of hydrogen-bond acceptors (Lipinski definition) is 8. The smallest absolute Gasteiger partial charge is 0.308 e. The number of rotatable bonds is 23. The zero-order valence-electron chi connectivity index (χ0n) is 18.6. The summed E-state index contributed by atoms with van der Waals surface area (Å²) >= 11 is 0. The van der Waals surface area contributed by atoms with Crippen molar-refractivity contribution in [3.63, 3.8) is 0 Å². The molecule has 178 valence electrons. The van der Waals surface area contributed by atoms with Crippen molar-refractivity contribution in [2.45, 2.75) is 46.0 Å². The highest BCUT2D eigenvalue weighted by atomic mass is 16.6. The van der Waals surface area contributed by atoms with E-state index in [4.69, 9.17) is 33.5 Å². The van der Waals surface area contributed by atoms with E-state index in [1.807, 2.05) is 6.92 Å². The Morgan fingerprint density at radius 3 is 1.53 bits per heavy atom. The van der Waals surface area contributed by atoms with Crippen LogP contribution in [0.15, 0.2) is 0 Å². The second-order valence-corrected chi connectivity index (χ2v) is 6.62. The van der Waals surface area contributed by atoms with Crippen LogP contribution in [0, 0.1) is 5.92 Å². The average molecular weight is 437 g/mol. The predicted molar refractivity (Wildman–Crippen MR) is 111 cm³/mol. The summed E-state index contributed by atoms with van der Waals surface area (Å²) in [5.74, 6) is -1.00. The largest absolute Gasteiger partial charge is 0.481 e. The van der Waals surface area contributed by atoms with Crippen LogP contribution >= 0.6 is 0 Å². The monoisotopic (exact) mass is 436 g/mol. The first-order valence-corrected chi connectivity index (χ1v) is 10.9. The van der Waals surface area contributed by atoms with E-state index < -0.39 is 5.97 Å². The highest BCUT2D eigenvalue weighted by Crippen LogP contribution is 2.14. The molecule has 0 heterocycles. The molecule has 0 rings (SSSR count). The lowest BCUT2D eigenvalue weighted by Crippen LogP contribution is -2.20. The molecule has 0 saturated carbocycles. The number of carbonyl (C=O) groups is 2. The van der Waals surface area contributed by atoms with Crippen LogP contribution in [-0.2, 0) is 38.0 Å². The van der Waals surface area contributed by atoms with E-state index in [1.54, 1.807) is 0 Å². The fraction of sp³-hybridized carbons (Fsp3) is 0.905. The molecule has 0 aliphatic carbocycles. The molecule has 0 aliphatic heterocycles. The zero-order valence-corrected chi connectivity index (χ0v) is 18.6. The third-order valence-electron chi connectivity index (χ3n) is 4.15. The van der Waals surface area contributed by atoms with Crippen LogP contribution in [-0.4, -0.2) is 89.7 Å². The standard InChI is InChI=1S/C21H40O9/c1-3-5-6-19(4-2)21(24)30-18-17-29-16-15-28-14-13-27-12-11-26-10-9-25-8-7-20(22)23/h19H,3-18H2,1-2H3,(H,22,23). The van der Waals surface area contributed by atoms with Gasteiger partial charge in [0.05, 0.1) is 78.4 Å². The fourth-order valence-corrected chi connectivity index (χ4v) is 2.40. The average Bonchev–Trinajstić information content (AvgIpc) is 2.73. The second kappa shape index (κ2) is 22.4. The van der Waals surface area contributed by atoms with Crippen LogP contribution < -0.4 is 0 Å². The van der Waals surface area contributed by atoms with Gasteiger partial charge < -0.3 is 33.5 Å². The van der Waals surface area contributed by atoms with Crippen LogP contribution in [0.1, 0.15) is 46.0 Å². The third kappa shape index (κ3) is 20.0. The summed E-state index contributed by atoms with van der Waals surface area (Å²) in [6, 6.07) is 0. The van der Waals surface area contributed by atoms with E-state index in [9.17, 15) is 9.59 Å². The maximum Gasteiger partial charge on any atom is 0.308 e. The highest BCUT2D eigenvalue weighted by Gasteiger charge is 2.16. The Labute approximate surface area is 180 Å².